The van der Waals surface area contributed by atoms with Crippen molar-refractivity contribution < 1.29 is 9.84 Å². The van der Waals surface area contributed by atoms with Crippen molar-refractivity contribution >= 4 is 0 Å². The number of ether oxygens (including phenoxy) is 1. The van der Waals surface area contributed by atoms with Gasteiger partial charge in [0, 0.05) is 20.3 Å². The van der Waals surface area contributed by atoms with E-state index in [9.17, 15) is 5.11 Å². The highest BCUT2D eigenvalue weighted by atomic mass is 16.5. The Kier molecular flexibility index (Phi) is 4.97. The molecule has 1 aromatic rings. The van der Waals surface area contributed by atoms with Gasteiger partial charge in [0.1, 0.15) is 0 Å². The van der Waals surface area contributed by atoms with Crippen LogP contribution in [0.5, 0.6) is 0 Å². The Balaban J connectivity index is 1.88. The van der Waals surface area contributed by atoms with Crippen molar-refractivity contribution in [3.63, 3.8) is 0 Å². The molecule has 106 valence electrons. The van der Waals surface area contributed by atoms with Gasteiger partial charge in [0.2, 0.25) is 0 Å². The van der Waals surface area contributed by atoms with Gasteiger partial charge in [-0.3, -0.25) is 0 Å². The first-order valence-corrected chi connectivity index (χ1v) is 7.11. The first-order chi connectivity index (χ1) is 9.12. The molecule has 0 bridgehead atoms. The van der Waals surface area contributed by atoms with E-state index in [0.717, 1.165) is 25.3 Å². The van der Waals surface area contributed by atoms with Gasteiger partial charge < -0.3 is 14.7 Å². The van der Waals surface area contributed by atoms with E-state index >= 15 is 0 Å². The van der Waals surface area contributed by atoms with E-state index in [1.165, 1.54) is 12.8 Å². The number of piperidine rings is 1. The molecule has 1 fully saturated rings. The molecular weight excluding hydrogens is 238 g/mol. The summed E-state index contributed by atoms with van der Waals surface area (Å²) in [5, 5.41) is 10.6. The predicted octanol–water partition coefficient (Wildman–Crippen LogP) is 2.25. The van der Waals surface area contributed by atoms with Crippen molar-refractivity contribution in [2.24, 2.45) is 5.92 Å². The first kappa shape index (κ1) is 14.5. The Labute approximate surface area is 116 Å². The molecule has 1 atom stereocenters. The molecular formula is C16H25NO2. The third-order valence-corrected chi connectivity index (χ3v) is 4.04. The van der Waals surface area contributed by atoms with Crippen LogP contribution in [0.1, 0.15) is 25.3 Å². The Hall–Kier alpha value is -0.900. The summed E-state index contributed by atoms with van der Waals surface area (Å²) in [6.07, 6.45) is 2.33. The average molecular weight is 263 g/mol. The van der Waals surface area contributed by atoms with Gasteiger partial charge in [0.15, 0.2) is 0 Å². The molecule has 1 saturated heterocycles. The molecule has 1 aromatic carbocycles. The molecule has 1 unspecified atom stereocenters. The quantitative estimate of drug-likeness (QED) is 0.884. The van der Waals surface area contributed by atoms with E-state index in [4.69, 9.17) is 4.74 Å². The van der Waals surface area contributed by atoms with Crippen molar-refractivity contribution in [3.05, 3.63) is 35.9 Å². The molecule has 0 saturated carbocycles. The number of rotatable bonds is 5. The predicted molar refractivity (Wildman–Crippen MR) is 77.1 cm³/mol. The second kappa shape index (κ2) is 6.51. The van der Waals surface area contributed by atoms with Crippen LogP contribution in [0.4, 0.5) is 0 Å². The smallest absolute Gasteiger partial charge is 0.0994 e. The van der Waals surface area contributed by atoms with Gasteiger partial charge in [0.25, 0.3) is 0 Å². The number of aliphatic hydroxyl groups is 1. The summed E-state index contributed by atoms with van der Waals surface area (Å²) in [6.45, 7) is 5.58. The van der Waals surface area contributed by atoms with E-state index in [0.29, 0.717) is 12.5 Å². The van der Waals surface area contributed by atoms with Gasteiger partial charge in [-0.15, -0.1) is 0 Å². The number of hydrogen-bond donors (Lipinski definition) is 1. The highest BCUT2D eigenvalue weighted by Crippen LogP contribution is 2.25. The lowest BCUT2D eigenvalue weighted by molar-refractivity contribution is 0.000679. The number of nitrogens with zero attached hydrogens (tertiary/aromatic N) is 1. The van der Waals surface area contributed by atoms with Crippen molar-refractivity contribution in [2.45, 2.75) is 25.4 Å². The second-order valence-electron chi connectivity index (χ2n) is 5.81. The fourth-order valence-corrected chi connectivity index (χ4v) is 2.87. The molecule has 0 aromatic heterocycles. The van der Waals surface area contributed by atoms with Crippen molar-refractivity contribution in [1.29, 1.82) is 0 Å². The summed E-state index contributed by atoms with van der Waals surface area (Å²) in [5.74, 6) is 0.683. The lowest BCUT2D eigenvalue weighted by atomic mass is 9.92. The molecule has 0 aliphatic carbocycles. The summed E-state index contributed by atoms with van der Waals surface area (Å²) in [7, 11) is 1.77. The summed E-state index contributed by atoms with van der Waals surface area (Å²) < 4.78 is 5.22. The molecule has 1 aliphatic rings. The number of methoxy groups -OCH3 is 1. The zero-order valence-corrected chi connectivity index (χ0v) is 12.0. The van der Waals surface area contributed by atoms with Crippen LogP contribution in [0.15, 0.2) is 30.3 Å². The van der Waals surface area contributed by atoms with Gasteiger partial charge in [0.05, 0.1) is 5.60 Å². The molecule has 0 amide bonds. The number of likely N-dealkylation sites (tertiary alicyclic amines) is 1. The van der Waals surface area contributed by atoms with E-state index in [-0.39, 0.29) is 0 Å². The van der Waals surface area contributed by atoms with Crippen molar-refractivity contribution in [2.75, 3.05) is 33.4 Å². The van der Waals surface area contributed by atoms with E-state index < -0.39 is 5.60 Å². The van der Waals surface area contributed by atoms with E-state index in [1.807, 2.05) is 37.3 Å². The van der Waals surface area contributed by atoms with Crippen LogP contribution in [0.2, 0.25) is 0 Å². The molecule has 19 heavy (non-hydrogen) atoms. The molecule has 1 aliphatic heterocycles. The zero-order valence-electron chi connectivity index (χ0n) is 12.0. The SMILES string of the molecule is COCC1CCN(CC(C)(O)c2ccccc2)CC1. The van der Waals surface area contributed by atoms with Crippen molar-refractivity contribution in [1.82, 2.24) is 4.90 Å². The fourth-order valence-electron chi connectivity index (χ4n) is 2.87. The minimum Gasteiger partial charge on any atom is -0.384 e. The molecule has 1 N–H and O–H groups in total. The summed E-state index contributed by atoms with van der Waals surface area (Å²) in [5.41, 5.74) is 0.226. The maximum atomic E-state index is 10.6. The molecule has 3 nitrogen and oxygen atoms in total. The van der Waals surface area contributed by atoms with E-state index in [1.54, 1.807) is 7.11 Å². The third kappa shape index (κ3) is 4.03. The number of benzene rings is 1. The average Bonchev–Trinajstić information content (AvgIpc) is 2.42. The largest absolute Gasteiger partial charge is 0.384 e. The minimum absolute atomic E-state index is 0.683. The van der Waals surface area contributed by atoms with Crippen LogP contribution in [-0.2, 0) is 10.3 Å². The van der Waals surface area contributed by atoms with Gasteiger partial charge in [-0.1, -0.05) is 30.3 Å². The summed E-state index contributed by atoms with van der Waals surface area (Å²) >= 11 is 0. The zero-order chi connectivity index (χ0) is 13.7. The Bertz CT molecular complexity index is 370. The molecule has 3 heteroatoms. The monoisotopic (exact) mass is 263 g/mol. The molecule has 0 spiro atoms. The topological polar surface area (TPSA) is 32.7 Å². The van der Waals surface area contributed by atoms with Crippen LogP contribution >= 0.6 is 0 Å². The van der Waals surface area contributed by atoms with E-state index in [2.05, 4.69) is 4.90 Å². The standard InChI is InChI=1S/C16H25NO2/c1-16(18,15-6-4-3-5-7-15)13-17-10-8-14(9-11-17)12-19-2/h3-7,14,18H,8-13H2,1-2H3. The second-order valence-corrected chi connectivity index (χ2v) is 5.81. The van der Waals surface area contributed by atoms with Crippen LogP contribution in [0, 0.1) is 5.92 Å². The Morgan fingerprint density at radius 2 is 1.89 bits per heavy atom. The van der Waals surface area contributed by atoms with Gasteiger partial charge in [-0.05, 0) is 44.3 Å². The highest BCUT2D eigenvalue weighted by molar-refractivity contribution is 5.21. The number of β-amino-alcohol motifs (C(OH)–C–C–N with tert-alkyl or cyclic N) is 1. The summed E-state index contributed by atoms with van der Waals surface area (Å²) in [4.78, 5) is 2.36. The maximum Gasteiger partial charge on any atom is 0.0994 e. The lowest BCUT2D eigenvalue weighted by Gasteiger charge is -2.36. The molecule has 0 radical (unpaired) electrons. The minimum atomic E-state index is -0.768. The fraction of sp³-hybridized carbons (Fsp3) is 0.625. The maximum absolute atomic E-state index is 10.6. The van der Waals surface area contributed by atoms with Crippen LogP contribution in [0.25, 0.3) is 0 Å². The van der Waals surface area contributed by atoms with Gasteiger partial charge in [-0.2, -0.15) is 0 Å². The number of hydrogen-bond acceptors (Lipinski definition) is 3. The Morgan fingerprint density at radius 1 is 1.26 bits per heavy atom. The van der Waals surface area contributed by atoms with Crippen LogP contribution < -0.4 is 0 Å². The van der Waals surface area contributed by atoms with Gasteiger partial charge >= 0.3 is 0 Å². The molecule has 1 heterocycles. The van der Waals surface area contributed by atoms with Crippen molar-refractivity contribution in [3.8, 4) is 0 Å². The highest BCUT2D eigenvalue weighted by Gasteiger charge is 2.28. The van der Waals surface area contributed by atoms with Crippen LogP contribution in [-0.4, -0.2) is 43.4 Å². The van der Waals surface area contributed by atoms with Gasteiger partial charge in [-0.25, -0.2) is 0 Å². The normalized spacial score (nSPS) is 21.2. The third-order valence-electron chi connectivity index (χ3n) is 4.04. The van der Waals surface area contributed by atoms with Crippen LogP contribution in [0.3, 0.4) is 0 Å². The Morgan fingerprint density at radius 3 is 2.47 bits per heavy atom. The summed E-state index contributed by atoms with van der Waals surface area (Å²) in [6, 6.07) is 9.94. The lowest BCUT2D eigenvalue weighted by Crippen LogP contribution is -2.43. The molecule has 2 rings (SSSR count). The first-order valence-electron chi connectivity index (χ1n) is 7.11.